The van der Waals surface area contributed by atoms with Gasteiger partial charge in [0.2, 0.25) is 0 Å². The Morgan fingerprint density at radius 2 is 1.07 bits per heavy atom. The molecule has 254 valence electrons. The molecule has 0 amide bonds. The summed E-state index contributed by atoms with van der Waals surface area (Å²) in [6.45, 7) is 4.69. The van der Waals surface area contributed by atoms with Crippen molar-refractivity contribution in [1.82, 2.24) is 9.55 Å². The second-order valence-electron chi connectivity index (χ2n) is 14.8. The Hall–Kier alpha value is -7.02. The zero-order valence-corrected chi connectivity index (χ0v) is 30.1. The van der Waals surface area contributed by atoms with E-state index in [0.29, 0.717) is 5.56 Å². The molecule has 0 bridgehead atoms. The number of para-hydroxylation sites is 1. The Morgan fingerprint density at radius 1 is 0.463 bits per heavy atom. The molecule has 0 unspecified atom stereocenters. The van der Waals surface area contributed by atoms with Crippen molar-refractivity contribution >= 4 is 21.8 Å². The van der Waals surface area contributed by atoms with Gasteiger partial charge in [-0.15, -0.1) is 0 Å². The number of rotatable bonds is 5. The Balaban J connectivity index is 1.27. The third-order valence-corrected chi connectivity index (χ3v) is 11.2. The predicted octanol–water partition coefficient (Wildman–Crippen LogP) is 13.0. The summed E-state index contributed by atoms with van der Waals surface area (Å²) in [5.41, 5.74) is 17.4. The van der Waals surface area contributed by atoms with Gasteiger partial charge in [0.05, 0.1) is 34.1 Å². The molecule has 0 fully saturated rings. The maximum atomic E-state index is 9.88. The third kappa shape index (κ3) is 5.07. The van der Waals surface area contributed by atoms with Gasteiger partial charge in [0.1, 0.15) is 0 Å². The van der Waals surface area contributed by atoms with E-state index in [9.17, 15) is 5.26 Å². The molecule has 0 aliphatic heterocycles. The summed E-state index contributed by atoms with van der Waals surface area (Å²) in [5, 5.41) is 12.3. The fourth-order valence-electron chi connectivity index (χ4n) is 8.49. The van der Waals surface area contributed by atoms with Crippen LogP contribution in [-0.2, 0) is 5.41 Å². The van der Waals surface area contributed by atoms with Gasteiger partial charge in [0.15, 0.2) is 0 Å². The molecule has 0 saturated carbocycles. The van der Waals surface area contributed by atoms with E-state index in [1.807, 2.05) is 30.3 Å². The predicted molar refractivity (Wildman–Crippen MR) is 223 cm³/mol. The first-order valence-electron chi connectivity index (χ1n) is 18.4. The van der Waals surface area contributed by atoms with Crippen LogP contribution in [0, 0.1) is 11.3 Å². The largest absolute Gasteiger partial charge is 0.309 e. The number of aromatic nitrogens is 2. The van der Waals surface area contributed by atoms with Crippen LogP contribution < -0.4 is 0 Å². The summed E-state index contributed by atoms with van der Waals surface area (Å²) < 4.78 is 2.43. The van der Waals surface area contributed by atoms with Crippen LogP contribution in [0.5, 0.6) is 0 Å². The van der Waals surface area contributed by atoms with E-state index in [0.717, 1.165) is 56.0 Å². The highest BCUT2D eigenvalue weighted by atomic mass is 15.0. The number of pyridine rings is 1. The van der Waals surface area contributed by atoms with Gasteiger partial charge in [-0.1, -0.05) is 129 Å². The molecule has 1 aliphatic carbocycles. The van der Waals surface area contributed by atoms with Crippen molar-refractivity contribution in [2.75, 3.05) is 0 Å². The molecule has 2 aromatic heterocycles. The molecule has 9 aromatic rings. The average Bonchev–Trinajstić information content (AvgIpc) is 3.68. The smallest absolute Gasteiger partial charge is 0.0991 e. The van der Waals surface area contributed by atoms with Gasteiger partial charge in [-0.05, 0) is 105 Å². The molecule has 0 radical (unpaired) electrons. The Morgan fingerprint density at radius 3 is 1.80 bits per heavy atom. The van der Waals surface area contributed by atoms with Crippen molar-refractivity contribution in [1.29, 1.82) is 5.26 Å². The normalized spacial score (nSPS) is 12.8. The minimum atomic E-state index is -0.101. The first-order chi connectivity index (χ1) is 26.5. The summed E-state index contributed by atoms with van der Waals surface area (Å²) in [5.74, 6) is 0. The zero-order valence-electron chi connectivity index (χ0n) is 30.1. The summed E-state index contributed by atoms with van der Waals surface area (Å²) in [7, 11) is 0. The van der Waals surface area contributed by atoms with Crippen LogP contribution in [-0.4, -0.2) is 9.55 Å². The van der Waals surface area contributed by atoms with Crippen molar-refractivity contribution in [2.45, 2.75) is 19.3 Å². The number of benzene rings is 7. The molecule has 3 heteroatoms. The lowest BCUT2D eigenvalue weighted by Gasteiger charge is -2.21. The molecular weight excluding hydrogens is 655 g/mol. The average molecular weight is 690 g/mol. The minimum Gasteiger partial charge on any atom is -0.309 e. The van der Waals surface area contributed by atoms with Gasteiger partial charge in [-0.2, -0.15) is 5.26 Å². The van der Waals surface area contributed by atoms with E-state index in [2.05, 4.69) is 170 Å². The first kappa shape index (κ1) is 31.7. The Bertz CT molecular complexity index is 2900. The monoisotopic (exact) mass is 689 g/mol. The second kappa shape index (κ2) is 12.3. The molecule has 1 aliphatic rings. The highest BCUT2D eigenvalue weighted by molar-refractivity contribution is 6.11. The summed E-state index contributed by atoms with van der Waals surface area (Å²) in [4.78, 5) is 5.18. The van der Waals surface area contributed by atoms with Gasteiger partial charge in [-0.3, -0.25) is 0 Å². The molecule has 0 atom stereocenters. The van der Waals surface area contributed by atoms with Crippen molar-refractivity contribution in [3.05, 3.63) is 193 Å². The van der Waals surface area contributed by atoms with Gasteiger partial charge in [0, 0.05) is 33.0 Å². The van der Waals surface area contributed by atoms with Crippen LogP contribution in [0.3, 0.4) is 0 Å². The SMILES string of the molecule is CC1(C)c2ccccc2-c2cc3c(cc21)c1ccccc1n3-c1cc(-c2cccc(C#N)c2)cc(-c2cc(-c3ccccc3)nc(-c3ccccc3)c2)c1. The lowest BCUT2D eigenvalue weighted by Crippen LogP contribution is -2.14. The van der Waals surface area contributed by atoms with Crippen LogP contribution in [0.25, 0.3) is 83.4 Å². The second-order valence-corrected chi connectivity index (χ2v) is 14.8. The van der Waals surface area contributed by atoms with Crippen molar-refractivity contribution in [3.8, 4) is 67.7 Å². The van der Waals surface area contributed by atoms with Crippen molar-refractivity contribution in [3.63, 3.8) is 0 Å². The highest BCUT2D eigenvalue weighted by Crippen LogP contribution is 2.51. The van der Waals surface area contributed by atoms with Crippen molar-refractivity contribution in [2.24, 2.45) is 0 Å². The van der Waals surface area contributed by atoms with E-state index >= 15 is 0 Å². The van der Waals surface area contributed by atoms with Crippen LogP contribution in [0.4, 0.5) is 0 Å². The van der Waals surface area contributed by atoms with E-state index in [1.54, 1.807) is 0 Å². The number of nitrogens with zero attached hydrogens (tertiary/aromatic N) is 3. The van der Waals surface area contributed by atoms with Gasteiger partial charge in [0.25, 0.3) is 0 Å². The number of hydrogen-bond donors (Lipinski definition) is 0. The molecule has 0 N–H and O–H groups in total. The van der Waals surface area contributed by atoms with E-state index in [4.69, 9.17) is 4.98 Å². The maximum absolute atomic E-state index is 9.88. The van der Waals surface area contributed by atoms with E-state index in [-0.39, 0.29) is 5.41 Å². The maximum Gasteiger partial charge on any atom is 0.0991 e. The molecule has 10 rings (SSSR count). The van der Waals surface area contributed by atoms with Gasteiger partial charge >= 0.3 is 0 Å². The Kier molecular flexibility index (Phi) is 7.22. The quantitative estimate of drug-likeness (QED) is 0.180. The van der Waals surface area contributed by atoms with Crippen LogP contribution in [0.15, 0.2) is 176 Å². The van der Waals surface area contributed by atoms with Crippen LogP contribution >= 0.6 is 0 Å². The van der Waals surface area contributed by atoms with Gasteiger partial charge in [-0.25, -0.2) is 4.98 Å². The summed E-state index contributed by atoms with van der Waals surface area (Å²) in [6.07, 6.45) is 0. The lowest BCUT2D eigenvalue weighted by atomic mass is 9.82. The van der Waals surface area contributed by atoms with E-state index in [1.165, 1.54) is 38.5 Å². The number of fused-ring (bicyclic) bond motifs is 6. The number of hydrogen-bond acceptors (Lipinski definition) is 2. The molecule has 0 saturated heterocycles. The lowest BCUT2D eigenvalue weighted by molar-refractivity contribution is 0.661. The minimum absolute atomic E-state index is 0.101. The van der Waals surface area contributed by atoms with Crippen LogP contribution in [0.2, 0.25) is 0 Å². The topological polar surface area (TPSA) is 41.6 Å². The summed E-state index contributed by atoms with van der Waals surface area (Å²) in [6, 6.07) is 64.7. The fourth-order valence-corrected chi connectivity index (χ4v) is 8.49. The van der Waals surface area contributed by atoms with Crippen LogP contribution in [0.1, 0.15) is 30.5 Å². The zero-order chi connectivity index (χ0) is 36.4. The number of nitriles is 1. The molecule has 7 aromatic carbocycles. The van der Waals surface area contributed by atoms with Gasteiger partial charge < -0.3 is 4.57 Å². The molecule has 54 heavy (non-hydrogen) atoms. The molecular formula is C51H35N3. The standard InChI is InChI=1S/C51H35N3/c1-51(2)45-22-11-9-20-41(45)43-31-50-44(30-46(43)51)42-21-10-12-23-49(42)54(50)40-26-37(36-19-13-14-33(24-36)32-52)25-38(27-40)39-28-47(34-15-5-3-6-16-34)53-48(29-39)35-17-7-4-8-18-35/h3-31H,1-2H3. The van der Waals surface area contributed by atoms with E-state index < -0.39 is 0 Å². The van der Waals surface area contributed by atoms with Crippen molar-refractivity contribution < 1.29 is 0 Å². The first-order valence-corrected chi connectivity index (χ1v) is 18.4. The Labute approximate surface area is 315 Å². The molecule has 0 spiro atoms. The molecule has 2 heterocycles. The molecule has 3 nitrogen and oxygen atoms in total. The summed E-state index contributed by atoms with van der Waals surface area (Å²) >= 11 is 0. The fraction of sp³-hybridized carbons (Fsp3) is 0.0588. The highest BCUT2D eigenvalue weighted by Gasteiger charge is 2.36. The third-order valence-electron chi connectivity index (χ3n) is 11.2.